The van der Waals surface area contributed by atoms with E-state index in [4.69, 9.17) is 0 Å². The van der Waals surface area contributed by atoms with Gasteiger partial charge in [0.15, 0.2) is 0 Å². The van der Waals surface area contributed by atoms with Crippen LogP contribution in [-0.4, -0.2) is 36.1 Å². The van der Waals surface area contributed by atoms with Crippen LogP contribution in [0.25, 0.3) is 0 Å². The molecule has 1 N–H and O–H groups in total. The van der Waals surface area contributed by atoms with Crippen molar-refractivity contribution in [3.63, 3.8) is 0 Å². The predicted molar refractivity (Wildman–Crippen MR) is 85.0 cm³/mol. The van der Waals surface area contributed by atoms with E-state index in [1.807, 2.05) is 0 Å². The van der Waals surface area contributed by atoms with Crippen LogP contribution in [0.15, 0.2) is 30.3 Å². The van der Waals surface area contributed by atoms with Crippen LogP contribution in [-0.2, 0) is 6.42 Å². The van der Waals surface area contributed by atoms with Crippen molar-refractivity contribution < 1.29 is 0 Å². The van der Waals surface area contributed by atoms with E-state index in [-0.39, 0.29) is 0 Å². The maximum Gasteiger partial charge on any atom is 0.0195 e. The van der Waals surface area contributed by atoms with Crippen molar-refractivity contribution in [2.75, 3.05) is 13.1 Å². The topological polar surface area (TPSA) is 15.3 Å². The van der Waals surface area contributed by atoms with E-state index in [2.05, 4.69) is 47.5 Å². The van der Waals surface area contributed by atoms with Gasteiger partial charge >= 0.3 is 0 Å². The Morgan fingerprint density at radius 2 is 1.95 bits per heavy atom. The standard InChI is InChI=1S/C18H28N2/c1-15(13-16-7-3-2-4-8-16)20(18-10-11-18)14-17-9-5-6-12-19-17/h2-4,7-8,15,17-19H,5-6,9-14H2,1H3. The lowest BCUT2D eigenvalue weighted by molar-refractivity contribution is 0.165. The monoisotopic (exact) mass is 272 g/mol. The number of benzene rings is 1. The van der Waals surface area contributed by atoms with Crippen molar-refractivity contribution in [1.82, 2.24) is 10.2 Å². The molecule has 20 heavy (non-hydrogen) atoms. The quantitative estimate of drug-likeness (QED) is 0.855. The van der Waals surface area contributed by atoms with Gasteiger partial charge < -0.3 is 5.32 Å². The van der Waals surface area contributed by atoms with E-state index in [1.54, 1.807) is 0 Å². The number of piperidine rings is 1. The highest BCUT2D eigenvalue weighted by Crippen LogP contribution is 2.30. The maximum absolute atomic E-state index is 3.71. The predicted octanol–water partition coefficient (Wildman–Crippen LogP) is 3.22. The Morgan fingerprint density at radius 1 is 1.15 bits per heavy atom. The fourth-order valence-corrected chi connectivity index (χ4v) is 3.50. The minimum Gasteiger partial charge on any atom is -0.313 e. The molecular formula is C18H28N2. The van der Waals surface area contributed by atoms with Crippen LogP contribution in [0.4, 0.5) is 0 Å². The zero-order chi connectivity index (χ0) is 13.8. The third-order valence-electron chi connectivity index (χ3n) is 4.80. The fourth-order valence-electron chi connectivity index (χ4n) is 3.50. The van der Waals surface area contributed by atoms with Crippen molar-refractivity contribution >= 4 is 0 Å². The van der Waals surface area contributed by atoms with Gasteiger partial charge in [0, 0.05) is 24.7 Å². The molecule has 1 saturated carbocycles. The molecule has 0 bridgehead atoms. The summed E-state index contributed by atoms with van der Waals surface area (Å²) in [6.07, 6.45) is 8.13. The van der Waals surface area contributed by atoms with Crippen LogP contribution in [0.1, 0.15) is 44.6 Å². The van der Waals surface area contributed by atoms with Gasteiger partial charge in [-0.1, -0.05) is 36.8 Å². The Labute approximate surface area is 123 Å². The van der Waals surface area contributed by atoms with Crippen molar-refractivity contribution in [3.8, 4) is 0 Å². The first-order valence-electron chi connectivity index (χ1n) is 8.36. The van der Waals surface area contributed by atoms with Gasteiger partial charge in [-0.05, 0) is 51.1 Å². The molecule has 1 saturated heterocycles. The molecule has 0 amide bonds. The number of nitrogens with one attached hydrogen (secondary N) is 1. The Bertz CT molecular complexity index is 393. The summed E-state index contributed by atoms with van der Waals surface area (Å²) >= 11 is 0. The van der Waals surface area contributed by atoms with Gasteiger partial charge in [0.1, 0.15) is 0 Å². The van der Waals surface area contributed by atoms with Crippen LogP contribution in [0.2, 0.25) is 0 Å². The first kappa shape index (κ1) is 14.1. The molecule has 110 valence electrons. The van der Waals surface area contributed by atoms with Crippen molar-refractivity contribution in [3.05, 3.63) is 35.9 Å². The van der Waals surface area contributed by atoms with E-state index in [1.165, 1.54) is 57.2 Å². The third-order valence-corrected chi connectivity index (χ3v) is 4.80. The highest BCUT2D eigenvalue weighted by molar-refractivity contribution is 5.16. The van der Waals surface area contributed by atoms with Gasteiger partial charge in [-0.3, -0.25) is 4.90 Å². The molecule has 2 fully saturated rings. The molecule has 3 rings (SSSR count). The SMILES string of the molecule is CC(Cc1ccccc1)N(CC1CCCCN1)C1CC1. The smallest absolute Gasteiger partial charge is 0.0195 e. The van der Waals surface area contributed by atoms with Crippen molar-refractivity contribution in [2.45, 2.75) is 63.6 Å². The second-order valence-corrected chi connectivity index (χ2v) is 6.61. The lowest BCUT2D eigenvalue weighted by Gasteiger charge is -2.34. The Morgan fingerprint density at radius 3 is 2.60 bits per heavy atom. The fraction of sp³-hybridized carbons (Fsp3) is 0.667. The van der Waals surface area contributed by atoms with Crippen LogP contribution in [0.5, 0.6) is 0 Å². The summed E-state index contributed by atoms with van der Waals surface area (Å²) in [5.41, 5.74) is 1.47. The number of nitrogens with zero attached hydrogens (tertiary/aromatic N) is 1. The average molecular weight is 272 g/mol. The minimum absolute atomic E-state index is 0.661. The summed E-state index contributed by atoms with van der Waals surface area (Å²) in [6.45, 7) is 4.88. The zero-order valence-electron chi connectivity index (χ0n) is 12.7. The summed E-state index contributed by atoms with van der Waals surface area (Å²) in [6, 6.07) is 13.2. The Balaban J connectivity index is 1.58. The molecule has 2 nitrogen and oxygen atoms in total. The first-order valence-corrected chi connectivity index (χ1v) is 8.36. The molecular weight excluding hydrogens is 244 g/mol. The molecule has 2 unspecified atom stereocenters. The third kappa shape index (κ3) is 3.83. The van der Waals surface area contributed by atoms with E-state index >= 15 is 0 Å². The number of rotatable bonds is 6. The summed E-state index contributed by atoms with van der Waals surface area (Å²) in [5, 5.41) is 3.71. The molecule has 2 aliphatic rings. The van der Waals surface area contributed by atoms with Crippen LogP contribution in [0.3, 0.4) is 0 Å². The normalized spacial score (nSPS) is 24.8. The van der Waals surface area contributed by atoms with Crippen molar-refractivity contribution in [2.24, 2.45) is 0 Å². The molecule has 2 heteroatoms. The molecule has 1 aliphatic carbocycles. The summed E-state index contributed by atoms with van der Waals surface area (Å²) in [5.74, 6) is 0. The van der Waals surface area contributed by atoms with Gasteiger partial charge in [-0.15, -0.1) is 0 Å². The molecule has 1 heterocycles. The molecule has 0 radical (unpaired) electrons. The largest absolute Gasteiger partial charge is 0.313 e. The molecule has 2 atom stereocenters. The number of hydrogen-bond donors (Lipinski definition) is 1. The minimum atomic E-state index is 0.661. The zero-order valence-corrected chi connectivity index (χ0v) is 12.7. The van der Waals surface area contributed by atoms with Crippen LogP contribution >= 0.6 is 0 Å². The Kier molecular flexibility index (Phi) is 4.74. The van der Waals surface area contributed by atoms with E-state index in [9.17, 15) is 0 Å². The second kappa shape index (κ2) is 6.73. The molecule has 0 spiro atoms. The van der Waals surface area contributed by atoms with Gasteiger partial charge in [-0.2, -0.15) is 0 Å². The van der Waals surface area contributed by atoms with Gasteiger partial charge in [0.05, 0.1) is 0 Å². The summed E-state index contributed by atoms with van der Waals surface area (Å²) in [4.78, 5) is 2.77. The van der Waals surface area contributed by atoms with E-state index in [0.717, 1.165) is 12.1 Å². The van der Waals surface area contributed by atoms with E-state index in [0.29, 0.717) is 6.04 Å². The van der Waals surface area contributed by atoms with Crippen LogP contribution < -0.4 is 5.32 Å². The van der Waals surface area contributed by atoms with Crippen molar-refractivity contribution in [1.29, 1.82) is 0 Å². The second-order valence-electron chi connectivity index (χ2n) is 6.61. The molecule has 0 aromatic heterocycles. The Hall–Kier alpha value is -0.860. The number of hydrogen-bond acceptors (Lipinski definition) is 2. The molecule has 1 aliphatic heterocycles. The van der Waals surface area contributed by atoms with E-state index < -0.39 is 0 Å². The first-order chi connectivity index (χ1) is 9.83. The average Bonchev–Trinajstić information content (AvgIpc) is 3.31. The lowest BCUT2D eigenvalue weighted by atomic mass is 10.0. The summed E-state index contributed by atoms with van der Waals surface area (Å²) in [7, 11) is 0. The molecule has 1 aromatic carbocycles. The maximum atomic E-state index is 3.71. The van der Waals surface area contributed by atoms with Gasteiger partial charge in [0.2, 0.25) is 0 Å². The van der Waals surface area contributed by atoms with Crippen LogP contribution in [0, 0.1) is 0 Å². The summed E-state index contributed by atoms with van der Waals surface area (Å²) < 4.78 is 0. The highest BCUT2D eigenvalue weighted by Gasteiger charge is 2.33. The van der Waals surface area contributed by atoms with Gasteiger partial charge in [0.25, 0.3) is 0 Å². The highest BCUT2D eigenvalue weighted by atomic mass is 15.2. The molecule has 1 aromatic rings. The van der Waals surface area contributed by atoms with Gasteiger partial charge in [-0.25, -0.2) is 0 Å². The lowest BCUT2D eigenvalue weighted by Crippen LogP contribution is -2.48.